The van der Waals surface area contributed by atoms with Crippen molar-refractivity contribution in [3.63, 3.8) is 0 Å². The molecule has 0 atom stereocenters. The molecule has 0 heterocycles. The van der Waals surface area contributed by atoms with Crippen LogP contribution in [0.3, 0.4) is 0 Å². The standard InChI is InChI=1S/C10H10ClIO4/c1-7(13)15-12(16-8(2)14)10-6-4-3-5-9(10)11/h3-6H,1-2H3. The first kappa shape index (κ1) is 13.2. The van der Waals surface area contributed by atoms with Crippen LogP contribution in [-0.2, 0) is 15.7 Å². The molecule has 0 spiro atoms. The number of halogens is 2. The molecule has 0 aromatic heterocycles. The summed E-state index contributed by atoms with van der Waals surface area (Å²) in [5.74, 6) is -0.960. The molecule has 6 heteroatoms. The van der Waals surface area contributed by atoms with Gasteiger partial charge in [0.1, 0.15) is 0 Å². The Morgan fingerprint density at radius 1 is 1.12 bits per heavy atom. The molecule has 1 aromatic carbocycles. The van der Waals surface area contributed by atoms with Gasteiger partial charge in [-0.2, -0.15) is 0 Å². The second-order valence-corrected chi connectivity index (χ2v) is 6.46. The number of benzene rings is 1. The van der Waals surface area contributed by atoms with E-state index in [4.69, 9.17) is 17.7 Å². The monoisotopic (exact) mass is 356 g/mol. The second kappa shape index (κ2) is 6.05. The van der Waals surface area contributed by atoms with E-state index in [0.29, 0.717) is 8.59 Å². The fourth-order valence-corrected chi connectivity index (χ4v) is 4.18. The third-order valence-electron chi connectivity index (χ3n) is 1.35. The predicted octanol–water partition coefficient (Wildman–Crippen LogP) is 2.97. The van der Waals surface area contributed by atoms with Crippen molar-refractivity contribution in [2.75, 3.05) is 0 Å². The van der Waals surface area contributed by atoms with Gasteiger partial charge in [0.25, 0.3) is 0 Å². The summed E-state index contributed by atoms with van der Waals surface area (Å²) in [5, 5.41) is 0.440. The van der Waals surface area contributed by atoms with E-state index in [-0.39, 0.29) is 0 Å². The Bertz CT molecular complexity index is 392. The molecule has 0 aliphatic rings. The minimum absolute atomic E-state index is 0.440. The van der Waals surface area contributed by atoms with Crippen LogP contribution in [0.5, 0.6) is 0 Å². The normalized spacial score (nSPS) is 10.6. The Hall–Kier alpha value is -0.820. The Kier molecular flexibility index (Phi) is 5.01. The molecule has 16 heavy (non-hydrogen) atoms. The van der Waals surface area contributed by atoms with Crippen LogP contribution in [0.1, 0.15) is 13.8 Å². The van der Waals surface area contributed by atoms with Crippen LogP contribution in [0, 0.1) is 3.57 Å². The van der Waals surface area contributed by atoms with Gasteiger partial charge in [-0.05, 0) is 0 Å². The van der Waals surface area contributed by atoms with Crippen molar-refractivity contribution in [1.82, 2.24) is 0 Å². The van der Waals surface area contributed by atoms with Crippen molar-refractivity contribution >= 4 is 44.2 Å². The van der Waals surface area contributed by atoms with Gasteiger partial charge in [0.15, 0.2) is 0 Å². The van der Waals surface area contributed by atoms with Gasteiger partial charge >= 0.3 is 107 Å². The van der Waals surface area contributed by atoms with Gasteiger partial charge in [0.2, 0.25) is 0 Å². The summed E-state index contributed by atoms with van der Waals surface area (Å²) in [6.07, 6.45) is 0. The third-order valence-corrected chi connectivity index (χ3v) is 5.93. The summed E-state index contributed by atoms with van der Waals surface area (Å²) >= 11 is 3.17. The molecule has 0 saturated heterocycles. The Labute approximate surface area is 106 Å². The molecular formula is C10H10ClIO4. The van der Waals surface area contributed by atoms with E-state index in [2.05, 4.69) is 0 Å². The first-order chi connectivity index (χ1) is 7.50. The van der Waals surface area contributed by atoms with Gasteiger partial charge in [-0.25, -0.2) is 0 Å². The fourth-order valence-electron chi connectivity index (χ4n) is 0.861. The van der Waals surface area contributed by atoms with E-state index >= 15 is 0 Å². The first-order valence-corrected chi connectivity index (χ1v) is 7.55. The average molecular weight is 357 g/mol. The van der Waals surface area contributed by atoms with Crippen LogP contribution < -0.4 is 0 Å². The molecule has 0 bridgehead atoms. The van der Waals surface area contributed by atoms with Crippen LogP contribution in [0.15, 0.2) is 24.3 Å². The first-order valence-electron chi connectivity index (χ1n) is 4.33. The van der Waals surface area contributed by atoms with E-state index in [1.807, 2.05) is 0 Å². The van der Waals surface area contributed by atoms with Gasteiger partial charge in [0.05, 0.1) is 0 Å². The Balaban J connectivity index is 2.96. The molecule has 1 rings (SSSR count). The summed E-state index contributed by atoms with van der Waals surface area (Å²) in [4.78, 5) is 21.8. The van der Waals surface area contributed by atoms with Gasteiger partial charge < -0.3 is 0 Å². The molecule has 0 aliphatic carbocycles. The van der Waals surface area contributed by atoms with E-state index in [1.54, 1.807) is 24.3 Å². The van der Waals surface area contributed by atoms with Crippen LogP contribution >= 0.6 is 32.3 Å². The fraction of sp³-hybridized carbons (Fsp3) is 0.200. The van der Waals surface area contributed by atoms with Gasteiger partial charge in [-0.1, -0.05) is 0 Å². The van der Waals surface area contributed by atoms with E-state index in [1.165, 1.54) is 13.8 Å². The van der Waals surface area contributed by atoms with Crippen molar-refractivity contribution in [2.24, 2.45) is 0 Å². The average Bonchev–Trinajstić information content (AvgIpc) is 2.15. The van der Waals surface area contributed by atoms with Gasteiger partial charge in [0, 0.05) is 0 Å². The molecule has 0 unspecified atom stereocenters. The van der Waals surface area contributed by atoms with Crippen LogP contribution in [0.2, 0.25) is 5.02 Å². The molecule has 1 aromatic rings. The maximum absolute atomic E-state index is 10.9. The van der Waals surface area contributed by atoms with Crippen molar-refractivity contribution in [1.29, 1.82) is 0 Å². The van der Waals surface area contributed by atoms with Gasteiger partial charge in [-0.15, -0.1) is 0 Å². The number of hydrogen-bond donors (Lipinski definition) is 0. The summed E-state index contributed by atoms with van der Waals surface area (Å²) in [5.41, 5.74) is 0. The maximum atomic E-state index is 10.9. The zero-order chi connectivity index (χ0) is 12.1. The van der Waals surface area contributed by atoms with Crippen molar-refractivity contribution in [3.05, 3.63) is 32.9 Å². The van der Waals surface area contributed by atoms with Crippen molar-refractivity contribution in [3.8, 4) is 0 Å². The molecule has 0 saturated carbocycles. The summed E-state index contributed by atoms with van der Waals surface area (Å²) in [6, 6.07) is 6.85. The summed E-state index contributed by atoms with van der Waals surface area (Å²) < 4.78 is 10.6. The Morgan fingerprint density at radius 2 is 1.62 bits per heavy atom. The van der Waals surface area contributed by atoms with Crippen LogP contribution in [-0.4, -0.2) is 11.9 Å². The second-order valence-electron chi connectivity index (χ2n) is 2.77. The quantitative estimate of drug-likeness (QED) is 0.781. The number of carbonyl (C=O) groups is 2. The Morgan fingerprint density at radius 3 is 2.06 bits per heavy atom. The molecule has 88 valence electrons. The number of carbonyl (C=O) groups excluding carboxylic acids is 2. The van der Waals surface area contributed by atoms with Crippen LogP contribution in [0.25, 0.3) is 0 Å². The summed E-state index contributed by atoms with van der Waals surface area (Å²) in [6.45, 7) is 2.54. The van der Waals surface area contributed by atoms with Gasteiger partial charge in [-0.3, -0.25) is 0 Å². The van der Waals surface area contributed by atoms with E-state index in [9.17, 15) is 9.59 Å². The summed E-state index contributed by atoms with van der Waals surface area (Å²) in [7, 11) is 0. The van der Waals surface area contributed by atoms with Crippen molar-refractivity contribution < 1.29 is 15.7 Å². The molecule has 0 N–H and O–H groups in total. The van der Waals surface area contributed by atoms with E-state index in [0.717, 1.165) is 0 Å². The van der Waals surface area contributed by atoms with E-state index < -0.39 is 32.6 Å². The molecule has 0 aliphatic heterocycles. The molecule has 0 fully saturated rings. The third kappa shape index (κ3) is 3.97. The predicted molar refractivity (Wildman–Crippen MR) is 67.7 cm³/mol. The number of rotatable bonds is 3. The molecule has 0 amide bonds. The topological polar surface area (TPSA) is 52.6 Å². The molecular weight excluding hydrogens is 346 g/mol. The van der Waals surface area contributed by atoms with Crippen LogP contribution in [0.4, 0.5) is 0 Å². The zero-order valence-electron chi connectivity index (χ0n) is 8.70. The molecule has 0 radical (unpaired) electrons. The SMILES string of the molecule is CC(=O)OI(OC(C)=O)c1ccccc1Cl. The number of hydrogen-bond acceptors (Lipinski definition) is 4. The van der Waals surface area contributed by atoms with Crippen molar-refractivity contribution in [2.45, 2.75) is 13.8 Å². The zero-order valence-corrected chi connectivity index (χ0v) is 11.6. The minimum atomic E-state index is -2.77. The molecule has 4 nitrogen and oxygen atoms in total.